The third kappa shape index (κ3) is 2.83. The predicted octanol–water partition coefficient (Wildman–Crippen LogP) is 2.74. The van der Waals surface area contributed by atoms with Gasteiger partial charge in [0, 0.05) is 18.7 Å². The number of hydrogen-bond donors (Lipinski definition) is 2. The second kappa shape index (κ2) is 6.48. The van der Waals surface area contributed by atoms with Gasteiger partial charge in [-0.25, -0.2) is 9.78 Å². The fourth-order valence-electron chi connectivity index (χ4n) is 4.17. The molecule has 2 N–H and O–H groups in total. The van der Waals surface area contributed by atoms with E-state index in [9.17, 15) is 14.7 Å². The molecule has 4 rings (SSSR count). The molecule has 1 saturated carbocycles. The number of urea groups is 1. The van der Waals surface area contributed by atoms with Crippen LogP contribution in [0.4, 0.5) is 4.79 Å². The van der Waals surface area contributed by atoms with Gasteiger partial charge in [-0.15, -0.1) is 0 Å². The van der Waals surface area contributed by atoms with Crippen LogP contribution in [0.2, 0.25) is 0 Å². The number of nitrogens with one attached hydrogen (secondary N) is 1. The summed E-state index contributed by atoms with van der Waals surface area (Å²) < 4.78 is 5.46. The molecule has 2 amide bonds. The minimum Gasteiger partial charge on any atom is -0.481 e. The van der Waals surface area contributed by atoms with Gasteiger partial charge in [0.05, 0.1) is 17.7 Å². The lowest BCUT2D eigenvalue weighted by molar-refractivity contribution is -0.149. The number of aromatic nitrogens is 1. The number of carbonyl (C=O) groups is 2. The Balaban J connectivity index is 1.37. The molecule has 2 aromatic rings. The van der Waals surface area contributed by atoms with E-state index < -0.39 is 11.4 Å². The number of rotatable bonds is 4. The molecule has 2 heterocycles. The number of oxazole rings is 1. The van der Waals surface area contributed by atoms with Gasteiger partial charge in [-0.05, 0) is 30.9 Å². The minimum absolute atomic E-state index is 0.0579. The number of nitrogens with zero attached hydrogens (tertiary/aromatic N) is 2. The zero-order valence-corrected chi connectivity index (χ0v) is 14.4. The first kappa shape index (κ1) is 16.6. The molecule has 2 atom stereocenters. The maximum atomic E-state index is 12.5. The molecule has 26 heavy (non-hydrogen) atoms. The maximum Gasteiger partial charge on any atom is 0.317 e. The van der Waals surface area contributed by atoms with Gasteiger partial charge in [-0.2, -0.15) is 0 Å². The van der Waals surface area contributed by atoms with Gasteiger partial charge in [0.15, 0.2) is 0 Å². The van der Waals surface area contributed by atoms with Gasteiger partial charge in [-0.1, -0.05) is 24.6 Å². The fourth-order valence-corrected chi connectivity index (χ4v) is 4.17. The standard InChI is InChI=1S/C19H21N3O4/c23-17(24)19-8-4-7-14(19)10-22(12-19)18(25)20-9-15-11-26-16(21-15)13-5-2-1-3-6-13/h1-3,5-6,11,14H,4,7-10,12H2,(H,20,25)(H,23,24)/t14-,19+/m0/s1. The molecular weight excluding hydrogens is 334 g/mol. The van der Waals surface area contributed by atoms with Crippen molar-refractivity contribution in [2.24, 2.45) is 11.3 Å². The van der Waals surface area contributed by atoms with Crippen molar-refractivity contribution < 1.29 is 19.1 Å². The summed E-state index contributed by atoms with van der Waals surface area (Å²) in [6, 6.07) is 9.30. The van der Waals surface area contributed by atoms with Gasteiger partial charge in [-0.3, -0.25) is 4.79 Å². The third-order valence-corrected chi connectivity index (χ3v) is 5.58. The molecule has 0 bridgehead atoms. The van der Waals surface area contributed by atoms with Crippen LogP contribution >= 0.6 is 0 Å². The molecule has 1 saturated heterocycles. The highest BCUT2D eigenvalue weighted by molar-refractivity contribution is 5.80. The first-order valence-electron chi connectivity index (χ1n) is 8.84. The van der Waals surface area contributed by atoms with E-state index in [2.05, 4.69) is 10.3 Å². The number of aliphatic carboxylic acids is 1. The van der Waals surface area contributed by atoms with Crippen molar-refractivity contribution in [3.05, 3.63) is 42.3 Å². The summed E-state index contributed by atoms with van der Waals surface area (Å²) in [5.41, 5.74) is 0.747. The van der Waals surface area contributed by atoms with Gasteiger partial charge < -0.3 is 19.7 Å². The Kier molecular flexibility index (Phi) is 4.14. The topological polar surface area (TPSA) is 95.7 Å². The molecule has 0 spiro atoms. The average Bonchev–Trinajstić information content (AvgIpc) is 3.34. The zero-order chi connectivity index (χ0) is 18.1. The smallest absolute Gasteiger partial charge is 0.317 e. The van der Waals surface area contributed by atoms with Crippen molar-refractivity contribution in [2.45, 2.75) is 25.8 Å². The van der Waals surface area contributed by atoms with E-state index in [0.29, 0.717) is 24.6 Å². The highest BCUT2D eigenvalue weighted by atomic mass is 16.4. The Hall–Kier alpha value is -2.83. The summed E-state index contributed by atoms with van der Waals surface area (Å²) in [5, 5.41) is 12.4. The van der Waals surface area contributed by atoms with Crippen LogP contribution < -0.4 is 5.32 Å². The van der Waals surface area contributed by atoms with Crippen molar-refractivity contribution in [2.75, 3.05) is 13.1 Å². The lowest BCUT2D eigenvalue weighted by Crippen LogP contribution is -2.41. The number of likely N-dealkylation sites (tertiary alicyclic amines) is 1. The molecule has 2 aliphatic rings. The zero-order valence-electron chi connectivity index (χ0n) is 14.4. The normalized spacial score (nSPS) is 24.5. The van der Waals surface area contributed by atoms with E-state index in [1.165, 1.54) is 6.26 Å². The lowest BCUT2D eigenvalue weighted by atomic mass is 9.81. The lowest BCUT2D eigenvalue weighted by Gasteiger charge is -2.23. The molecule has 7 heteroatoms. The molecule has 0 radical (unpaired) electrons. The second-order valence-electron chi connectivity index (χ2n) is 7.10. The van der Waals surface area contributed by atoms with Crippen LogP contribution in [0.5, 0.6) is 0 Å². The first-order chi connectivity index (χ1) is 12.6. The fraction of sp³-hybridized carbons (Fsp3) is 0.421. The van der Waals surface area contributed by atoms with Gasteiger partial charge >= 0.3 is 12.0 Å². The molecule has 1 aromatic carbocycles. The molecule has 136 valence electrons. The van der Waals surface area contributed by atoms with Crippen LogP contribution in [-0.2, 0) is 11.3 Å². The molecule has 7 nitrogen and oxygen atoms in total. The number of carboxylic acid groups (broad SMARTS) is 1. The minimum atomic E-state index is -0.778. The molecule has 1 aromatic heterocycles. The summed E-state index contributed by atoms with van der Waals surface area (Å²) in [6.07, 6.45) is 3.98. The van der Waals surface area contributed by atoms with Gasteiger partial charge in [0.2, 0.25) is 5.89 Å². The van der Waals surface area contributed by atoms with Crippen LogP contribution in [0.3, 0.4) is 0 Å². The van der Waals surface area contributed by atoms with E-state index in [1.54, 1.807) is 4.90 Å². The second-order valence-corrected chi connectivity index (χ2v) is 7.10. The van der Waals surface area contributed by atoms with Crippen molar-refractivity contribution in [3.63, 3.8) is 0 Å². The monoisotopic (exact) mass is 355 g/mol. The molecular formula is C19H21N3O4. The molecule has 0 unspecified atom stereocenters. The van der Waals surface area contributed by atoms with E-state index in [-0.39, 0.29) is 25.0 Å². The number of carboxylic acids is 1. The average molecular weight is 355 g/mol. The Labute approximate surface area is 151 Å². The maximum absolute atomic E-state index is 12.5. The molecule has 1 aliphatic carbocycles. The highest BCUT2D eigenvalue weighted by Crippen LogP contribution is 2.48. The van der Waals surface area contributed by atoms with Crippen molar-refractivity contribution in [1.29, 1.82) is 0 Å². The number of amides is 2. The van der Waals surface area contributed by atoms with E-state index >= 15 is 0 Å². The van der Waals surface area contributed by atoms with Crippen LogP contribution in [0.15, 0.2) is 41.0 Å². The van der Waals surface area contributed by atoms with Crippen LogP contribution in [0, 0.1) is 11.3 Å². The first-order valence-corrected chi connectivity index (χ1v) is 8.84. The number of fused-ring (bicyclic) bond motifs is 1. The molecule has 2 fully saturated rings. The number of hydrogen-bond acceptors (Lipinski definition) is 4. The quantitative estimate of drug-likeness (QED) is 0.879. The Morgan fingerprint density at radius 1 is 1.35 bits per heavy atom. The highest BCUT2D eigenvalue weighted by Gasteiger charge is 2.55. The van der Waals surface area contributed by atoms with Gasteiger partial charge in [0.25, 0.3) is 0 Å². The van der Waals surface area contributed by atoms with Crippen molar-refractivity contribution in [1.82, 2.24) is 15.2 Å². The Morgan fingerprint density at radius 3 is 2.88 bits per heavy atom. The SMILES string of the molecule is O=C(NCc1coc(-c2ccccc2)n1)N1C[C@@H]2CCC[C@@]2(C(=O)O)C1. The van der Waals surface area contributed by atoms with E-state index in [1.807, 2.05) is 30.3 Å². The summed E-state index contributed by atoms with van der Waals surface area (Å²) in [7, 11) is 0. The Morgan fingerprint density at radius 2 is 2.15 bits per heavy atom. The van der Waals surface area contributed by atoms with Crippen LogP contribution in [0.25, 0.3) is 11.5 Å². The summed E-state index contributed by atoms with van der Waals surface area (Å²) in [5.74, 6) is -0.211. The third-order valence-electron chi connectivity index (χ3n) is 5.58. The van der Waals surface area contributed by atoms with Crippen LogP contribution in [-0.4, -0.2) is 40.1 Å². The van der Waals surface area contributed by atoms with E-state index in [4.69, 9.17) is 4.42 Å². The van der Waals surface area contributed by atoms with Crippen LogP contribution in [0.1, 0.15) is 25.0 Å². The van der Waals surface area contributed by atoms with Crippen molar-refractivity contribution in [3.8, 4) is 11.5 Å². The number of carbonyl (C=O) groups excluding carboxylic acids is 1. The summed E-state index contributed by atoms with van der Waals surface area (Å²) in [6.45, 7) is 1.04. The summed E-state index contributed by atoms with van der Waals surface area (Å²) in [4.78, 5) is 30.2. The van der Waals surface area contributed by atoms with Crippen molar-refractivity contribution >= 4 is 12.0 Å². The van der Waals surface area contributed by atoms with Gasteiger partial charge in [0.1, 0.15) is 6.26 Å². The largest absolute Gasteiger partial charge is 0.481 e. The van der Waals surface area contributed by atoms with E-state index in [0.717, 1.165) is 18.4 Å². The predicted molar refractivity (Wildman–Crippen MR) is 93.2 cm³/mol. The number of benzene rings is 1. The Bertz CT molecular complexity index is 819. The molecule has 1 aliphatic heterocycles. The summed E-state index contributed by atoms with van der Waals surface area (Å²) >= 11 is 0.